The molecule has 1 aliphatic heterocycles. The van der Waals surface area contributed by atoms with Crippen LogP contribution in [0.5, 0.6) is 0 Å². The van der Waals surface area contributed by atoms with E-state index in [2.05, 4.69) is 0 Å². The van der Waals surface area contributed by atoms with E-state index in [1.807, 2.05) is 29.5 Å². The van der Waals surface area contributed by atoms with Crippen LogP contribution in [0.25, 0.3) is 0 Å². The van der Waals surface area contributed by atoms with Gasteiger partial charge in [-0.3, -0.25) is 0 Å². The zero-order valence-corrected chi connectivity index (χ0v) is 9.50. The number of nitrogens with zero attached hydrogens (tertiary/aromatic N) is 2. The number of esters is 1. The zero-order valence-electron chi connectivity index (χ0n) is 8.69. The highest BCUT2D eigenvalue weighted by atomic mass is 32.2. The summed E-state index contributed by atoms with van der Waals surface area (Å²) in [5.41, 5.74) is 0.0775. The number of carbonyl (C=O) groups is 1. The third kappa shape index (κ3) is 2.54. The summed E-state index contributed by atoms with van der Waals surface area (Å²) in [5, 5.41) is 11.4. The van der Waals surface area contributed by atoms with Gasteiger partial charge in [0.25, 0.3) is 0 Å². The lowest BCUT2D eigenvalue weighted by atomic mass is 10.3. The first-order chi connectivity index (χ1) is 7.24. The van der Waals surface area contributed by atoms with Crippen molar-refractivity contribution in [3.8, 4) is 6.07 Å². The molecule has 5 heteroatoms. The summed E-state index contributed by atoms with van der Waals surface area (Å²) in [6.45, 7) is 4.68. The van der Waals surface area contributed by atoms with E-state index in [9.17, 15) is 4.79 Å². The quantitative estimate of drug-likeness (QED) is 0.416. The Bertz CT molecular complexity index is 355. The van der Waals surface area contributed by atoms with Gasteiger partial charge < -0.3 is 9.64 Å². The smallest absolute Gasteiger partial charge is 0.351 e. The van der Waals surface area contributed by atoms with E-state index in [0.29, 0.717) is 5.03 Å². The van der Waals surface area contributed by atoms with Gasteiger partial charge in [-0.05, 0) is 19.3 Å². The van der Waals surface area contributed by atoms with Crippen LogP contribution in [0.2, 0.25) is 0 Å². The third-order valence-electron chi connectivity index (χ3n) is 1.83. The van der Waals surface area contributed by atoms with Crippen molar-refractivity contribution in [2.45, 2.75) is 13.8 Å². The Hall–Kier alpha value is -1.41. The molecule has 0 aliphatic carbocycles. The summed E-state index contributed by atoms with van der Waals surface area (Å²) >= 11 is 1.36. The lowest BCUT2D eigenvalue weighted by molar-refractivity contribution is -0.138. The van der Waals surface area contributed by atoms with Gasteiger partial charge in [0.05, 0.1) is 6.61 Å². The molecule has 80 valence electrons. The monoisotopic (exact) mass is 224 g/mol. The van der Waals surface area contributed by atoms with E-state index in [-0.39, 0.29) is 12.2 Å². The molecule has 0 spiro atoms. The molecule has 4 nitrogen and oxygen atoms in total. The minimum atomic E-state index is -0.551. The molecular weight excluding hydrogens is 212 g/mol. The lowest BCUT2D eigenvalue weighted by Gasteiger charge is -2.15. The van der Waals surface area contributed by atoms with Crippen LogP contribution in [0.15, 0.2) is 22.2 Å². The average molecular weight is 224 g/mol. The Morgan fingerprint density at radius 1 is 1.67 bits per heavy atom. The number of thioether (sulfide) groups is 1. The molecule has 0 unspecified atom stereocenters. The number of rotatable bonds is 3. The van der Waals surface area contributed by atoms with Gasteiger partial charge in [-0.15, -0.1) is 0 Å². The van der Waals surface area contributed by atoms with Gasteiger partial charge in [-0.25, -0.2) is 4.79 Å². The molecule has 0 aromatic rings. The summed E-state index contributed by atoms with van der Waals surface area (Å²) in [6, 6.07) is 1.90. The van der Waals surface area contributed by atoms with Gasteiger partial charge >= 0.3 is 5.97 Å². The number of hydrogen-bond acceptors (Lipinski definition) is 5. The van der Waals surface area contributed by atoms with Crippen LogP contribution < -0.4 is 0 Å². The molecule has 0 saturated carbocycles. The minimum Gasteiger partial charge on any atom is -0.462 e. The second kappa shape index (κ2) is 5.47. The molecule has 1 aliphatic rings. The van der Waals surface area contributed by atoms with Crippen molar-refractivity contribution >= 4 is 17.7 Å². The summed E-state index contributed by atoms with van der Waals surface area (Å²) in [6.07, 6.45) is 1.84. The van der Waals surface area contributed by atoms with Crippen molar-refractivity contribution in [2.24, 2.45) is 0 Å². The molecule has 0 fully saturated rings. The Labute approximate surface area is 93.2 Å². The predicted octanol–water partition coefficient (Wildman–Crippen LogP) is 1.82. The zero-order chi connectivity index (χ0) is 11.3. The van der Waals surface area contributed by atoms with Crippen molar-refractivity contribution in [3.05, 3.63) is 22.2 Å². The predicted molar refractivity (Wildman–Crippen MR) is 58.4 cm³/mol. The maximum absolute atomic E-state index is 11.5. The van der Waals surface area contributed by atoms with Gasteiger partial charge in [-0.1, -0.05) is 11.8 Å². The second-order valence-corrected chi connectivity index (χ2v) is 3.60. The van der Waals surface area contributed by atoms with Crippen molar-refractivity contribution in [1.82, 2.24) is 4.90 Å². The van der Waals surface area contributed by atoms with Crippen molar-refractivity contribution in [2.75, 3.05) is 13.2 Å². The molecule has 0 saturated heterocycles. The summed E-state index contributed by atoms with van der Waals surface area (Å²) in [4.78, 5) is 13.3. The van der Waals surface area contributed by atoms with Crippen molar-refractivity contribution in [3.63, 3.8) is 0 Å². The topological polar surface area (TPSA) is 53.3 Å². The van der Waals surface area contributed by atoms with Gasteiger partial charge in [-0.2, -0.15) is 5.26 Å². The standard InChI is InChI=1S/C10H12N2O2S/c1-3-12-5-6-15-9(12)8(7-11)10(13)14-4-2/h5-6H,3-4H2,1-2H3. The molecule has 15 heavy (non-hydrogen) atoms. The van der Waals surface area contributed by atoms with Crippen LogP contribution >= 0.6 is 11.8 Å². The van der Waals surface area contributed by atoms with E-state index in [4.69, 9.17) is 10.00 Å². The molecule has 0 atom stereocenters. The number of carbonyl (C=O) groups excluding carboxylic acids is 1. The van der Waals surface area contributed by atoms with Crippen LogP contribution in [-0.4, -0.2) is 24.0 Å². The van der Waals surface area contributed by atoms with E-state index in [1.165, 1.54) is 11.8 Å². The largest absolute Gasteiger partial charge is 0.462 e. The Kier molecular flexibility index (Phi) is 4.25. The normalized spacial score (nSPS) is 17.5. The number of nitriles is 1. The van der Waals surface area contributed by atoms with E-state index >= 15 is 0 Å². The van der Waals surface area contributed by atoms with Crippen LogP contribution in [0, 0.1) is 11.3 Å². The molecule has 1 heterocycles. The maximum atomic E-state index is 11.5. The fraction of sp³-hybridized carbons (Fsp3) is 0.400. The first-order valence-corrected chi connectivity index (χ1v) is 5.54. The molecular formula is C10H12N2O2S. The minimum absolute atomic E-state index is 0.0775. The Morgan fingerprint density at radius 3 is 2.93 bits per heavy atom. The van der Waals surface area contributed by atoms with Crippen LogP contribution in [0.1, 0.15) is 13.8 Å². The van der Waals surface area contributed by atoms with Gasteiger partial charge in [0.1, 0.15) is 11.1 Å². The molecule has 0 N–H and O–H groups in total. The molecule has 1 rings (SSSR count). The van der Waals surface area contributed by atoms with Gasteiger partial charge in [0, 0.05) is 12.7 Å². The molecule has 0 bridgehead atoms. The highest BCUT2D eigenvalue weighted by Crippen LogP contribution is 2.31. The average Bonchev–Trinajstić information content (AvgIpc) is 2.67. The fourth-order valence-electron chi connectivity index (χ4n) is 1.14. The van der Waals surface area contributed by atoms with E-state index in [1.54, 1.807) is 6.92 Å². The highest BCUT2D eigenvalue weighted by molar-refractivity contribution is 8.06. The Balaban J connectivity index is 2.94. The van der Waals surface area contributed by atoms with Crippen LogP contribution in [0.4, 0.5) is 0 Å². The summed E-state index contributed by atoms with van der Waals surface area (Å²) in [5.74, 6) is -0.551. The van der Waals surface area contributed by atoms with Gasteiger partial charge in [0.15, 0.2) is 5.57 Å². The lowest BCUT2D eigenvalue weighted by Crippen LogP contribution is -2.16. The highest BCUT2D eigenvalue weighted by Gasteiger charge is 2.22. The van der Waals surface area contributed by atoms with Crippen molar-refractivity contribution in [1.29, 1.82) is 5.26 Å². The maximum Gasteiger partial charge on any atom is 0.351 e. The van der Waals surface area contributed by atoms with Gasteiger partial charge in [0.2, 0.25) is 0 Å². The van der Waals surface area contributed by atoms with Crippen LogP contribution in [0.3, 0.4) is 0 Å². The SMILES string of the molecule is CCOC(=O)C(C#N)=C1SC=CN1CC. The van der Waals surface area contributed by atoms with Crippen LogP contribution in [-0.2, 0) is 9.53 Å². The molecule has 0 amide bonds. The fourth-order valence-corrected chi connectivity index (χ4v) is 2.05. The molecule has 0 aromatic carbocycles. The first-order valence-electron chi connectivity index (χ1n) is 4.66. The Morgan fingerprint density at radius 2 is 2.40 bits per heavy atom. The molecule has 0 radical (unpaired) electrons. The first kappa shape index (κ1) is 11.7. The number of ether oxygens (including phenoxy) is 1. The van der Waals surface area contributed by atoms with E-state index in [0.717, 1.165) is 6.54 Å². The summed E-state index contributed by atoms with van der Waals surface area (Å²) < 4.78 is 4.81. The summed E-state index contributed by atoms with van der Waals surface area (Å²) in [7, 11) is 0. The second-order valence-electron chi connectivity index (χ2n) is 2.70. The molecule has 0 aromatic heterocycles. The van der Waals surface area contributed by atoms with E-state index < -0.39 is 5.97 Å². The number of hydrogen-bond donors (Lipinski definition) is 0. The third-order valence-corrected chi connectivity index (χ3v) is 2.75. The van der Waals surface area contributed by atoms with Crippen molar-refractivity contribution < 1.29 is 9.53 Å².